The summed E-state index contributed by atoms with van der Waals surface area (Å²) in [6.45, 7) is 2.62. The quantitative estimate of drug-likeness (QED) is 0.915. The Morgan fingerprint density at radius 3 is 2.95 bits per heavy atom. The van der Waals surface area contributed by atoms with E-state index in [0.717, 1.165) is 16.5 Å². The van der Waals surface area contributed by atoms with Gasteiger partial charge in [-0.1, -0.05) is 17.7 Å². The molecule has 0 amide bonds. The molecule has 0 aliphatic carbocycles. The molecule has 3 rings (SSSR count). The third-order valence-electron chi connectivity index (χ3n) is 3.94. The third-order valence-corrected chi connectivity index (χ3v) is 6.08. The molecule has 2 heterocycles. The van der Waals surface area contributed by atoms with Crippen LogP contribution in [-0.2, 0) is 16.4 Å². The van der Waals surface area contributed by atoms with Gasteiger partial charge < -0.3 is 10.3 Å². The zero-order valence-corrected chi connectivity index (χ0v) is 12.8. The van der Waals surface area contributed by atoms with Crippen LogP contribution < -0.4 is 5.32 Å². The molecule has 1 aliphatic heterocycles. The van der Waals surface area contributed by atoms with Gasteiger partial charge in [0.2, 0.25) is 0 Å². The van der Waals surface area contributed by atoms with Crippen LogP contribution in [0.4, 0.5) is 0 Å². The van der Waals surface area contributed by atoms with Crippen LogP contribution >= 0.6 is 11.6 Å². The maximum Gasteiger partial charge on any atom is 0.152 e. The topological polar surface area (TPSA) is 62.0 Å². The molecule has 1 aromatic carbocycles. The molecule has 1 aliphatic rings. The number of rotatable bonds is 3. The maximum atomic E-state index is 11.6. The second-order valence-electron chi connectivity index (χ2n) is 5.76. The Morgan fingerprint density at radius 1 is 1.45 bits per heavy atom. The van der Waals surface area contributed by atoms with Gasteiger partial charge in [-0.3, -0.25) is 0 Å². The number of H-pyrrole nitrogens is 1. The minimum Gasteiger partial charge on any atom is -0.361 e. The molecule has 1 unspecified atom stereocenters. The third kappa shape index (κ3) is 2.71. The minimum atomic E-state index is -2.88. The summed E-state index contributed by atoms with van der Waals surface area (Å²) in [5, 5.41) is 5.21. The molecule has 1 atom stereocenters. The summed E-state index contributed by atoms with van der Waals surface area (Å²) in [7, 11) is -2.88. The van der Waals surface area contributed by atoms with Crippen molar-refractivity contribution in [1.82, 2.24) is 10.3 Å². The Labute approximate surface area is 123 Å². The molecule has 6 heteroatoms. The number of halogens is 1. The molecule has 4 nitrogen and oxygen atoms in total. The summed E-state index contributed by atoms with van der Waals surface area (Å²) in [5.41, 5.74) is 1.80. The summed E-state index contributed by atoms with van der Waals surface area (Å²) in [6, 6.07) is 5.74. The van der Waals surface area contributed by atoms with Crippen LogP contribution in [0.1, 0.15) is 18.9 Å². The van der Waals surface area contributed by atoms with Crippen molar-refractivity contribution in [2.24, 2.45) is 0 Å². The Balaban J connectivity index is 1.78. The number of fused-ring (bicyclic) bond motifs is 1. The molecular formula is C14H17ClN2O2S. The first-order valence-electron chi connectivity index (χ1n) is 6.58. The standard InChI is InChI=1S/C14H17ClN2O2S/c1-14(4-5-20(18,19)9-14)17-8-10-7-16-13-6-11(15)2-3-12(10)13/h2-3,6-7,16-17H,4-5,8-9H2,1H3. The Kier molecular flexibility index (Phi) is 3.31. The largest absolute Gasteiger partial charge is 0.361 e. The molecule has 20 heavy (non-hydrogen) atoms. The van der Waals surface area contributed by atoms with Crippen LogP contribution in [0.25, 0.3) is 10.9 Å². The molecule has 0 spiro atoms. The van der Waals surface area contributed by atoms with Gasteiger partial charge in [-0.15, -0.1) is 0 Å². The zero-order valence-electron chi connectivity index (χ0n) is 11.2. The summed E-state index contributed by atoms with van der Waals surface area (Å²) in [5.74, 6) is 0.494. The van der Waals surface area contributed by atoms with Gasteiger partial charge in [-0.05, 0) is 31.0 Å². The SMILES string of the molecule is CC1(NCc2c[nH]c3cc(Cl)ccc23)CCS(=O)(=O)C1. The first kappa shape index (κ1) is 13.9. The van der Waals surface area contributed by atoms with Crippen LogP contribution in [-0.4, -0.2) is 30.4 Å². The van der Waals surface area contributed by atoms with E-state index >= 15 is 0 Å². The fourth-order valence-electron chi connectivity index (χ4n) is 2.76. The van der Waals surface area contributed by atoms with Crippen LogP contribution in [0.3, 0.4) is 0 Å². The van der Waals surface area contributed by atoms with Crippen molar-refractivity contribution in [2.75, 3.05) is 11.5 Å². The number of hydrogen-bond donors (Lipinski definition) is 2. The first-order valence-corrected chi connectivity index (χ1v) is 8.78. The van der Waals surface area contributed by atoms with Gasteiger partial charge in [0.15, 0.2) is 9.84 Å². The van der Waals surface area contributed by atoms with E-state index in [2.05, 4.69) is 10.3 Å². The highest BCUT2D eigenvalue weighted by atomic mass is 35.5. The molecule has 0 bridgehead atoms. The molecular weight excluding hydrogens is 296 g/mol. The molecule has 1 aromatic heterocycles. The van der Waals surface area contributed by atoms with Crippen LogP contribution in [0.2, 0.25) is 5.02 Å². The highest BCUT2D eigenvalue weighted by molar-refractivity contribution is 7.91. The van der Waals surface area contributed by atoms with E-state index < -0.39 is 9.84 Å². The van der Waals surface area contributed by atoms with Crippen LogP contribution in [0.5, 0.6) is 0 Å². The van der Waals surface area contributed by atoms with Gasteiger partial charge in [0, 0.05) is 34.2 Å². The number of sulfone groups is 1. The smallest absolute Gasteiger partial charge is 0.152 e. The van der Waals surface area contributed by atoms with Gasteiger partial charge in [0.1, 0.15) is 0 Å². The van der Waals surface area contributed by atoms with Crippen molar-refractivity contribution < 1.29 is 8.42 Å². The number of aromatic amines is 1. The second kappa shape index (κ2) is 4.76. The van der Waals surface area contributed by atoms with Gasteiger partial charge in [-0.25, -0.2) is 8.42 Å². The van der Waals surface area contributed by atoms with Crippen LogP contribution in [0, 0.1) is 0 Å². The van der Waals surface area contributed by atoms with Gasteiger partial charge >= 0.3 is 0 Å². The summed E-state index contributed by atoms with van der Waals surface area (Å²) >= 11 is 5.96. The Hall–Kier alpha value is -1.04. The predicted octanol–water partition coefficient (Wildman–Crippen LogP) is 2.49. The van der Waals surface area contributed by atoms with E-state index in [1.165, 1.54) is 0 Å². The van der Waals surface area contributed by atoms with E-state index in [0.29, 0.717) is 18.0 Å². The van der Waals surface area contributed by atoms with Crippen molar-refractivity contribution in [3.8, 4) is 0 Å². The number of hydrogen-bond acceptors (Lipinski definition) is 3. The summed E-state index contributed by atoms with van der Waals surface area (Å²) < 4.78 is 23.2. The van der Waals surface area contributed by atoms with Crippen molar-refractivity contribution in [3.63, 3.8) is 0 Å². The number of aromatic nitrogens is 1. The molecule has 0 radical (unpaired) electrons. The molecule has 1 fully saturated rings. The lowest BCUT2D eigenvalue weighted by atomic mass is 10.0. The van der Waals surface area contributed by atoms with Crippen molar-refractivity contribution >= 4 is 32.3 Å². The zero-order chi connectivity index (χ0) is 14.4. The predicted molar refractivity (Wildman–Crippen MR) is 81.8 cm³/mol. The molecule has 2 aromatic rings. The Morgan fingerprint density at radius 2 is 2.25 bits per heavy atom. The van der Waals surface area contributed by atoms with E-state index in [1.807, 2.05) is 31.3 Å². The van der Waals surface area contributed by atoms with Gasteiger partial charge in [0.05, 0.1) is 11.5 Å². The normalized spacial score (nSPS) is 25.3. The Bertz CT molecular complexity index is 754. The lowest BCUT2D eigenvalue weighted by Crippen LogP contribution is -2.42. The van der Waals surface area contributed by atoms with Gasteiger partial charge in [0.25, 0.3) is 0 Å². The lowest BCUT2D eigenvalue weighted by Gasteiger charge is -2.23. The molecule has 0 saturated carbocycles. The fourth-order valence-corrected chi connectivity index (χ4v) is 5.06. The average Bonchev–Trinajstić information content (AvgIpc) is 2.88. The highest BCUT2D eigenvalue weighted by Crippen LogP contribution is 2.25. The highest BCUT2D eigenvalue weighted by Gasteiger charge is 2.37. The summed E-state index contributed by atoms with van der Waals surface area (Å²) in [4.78, 5) is 3.19. The molecule has 2 N–H and O–H groups in total. The number of nitrogens with one attached hydrogen (secondary N) is 2. The first-order chi connectivity index (χ1) is 9.37. The second-order valence-corrected chi connectivity index (χ2v) is 8.38. The average molecular weight is 313 g/mol. The maximum absolute atomic E-state index is 11.6. The molecule has 1 saturated heterocycles. The monoisotopic (exact) mass is 312 g/mol. The molecule has 108 valence electrons. The van der Waals surface area contributed by atoms with E-state index in [9.17, 15) is 8.42 Å². The number of benzene rings is 1. The van der Waals surface area contributed by atoms with E-state index in [1.54, 1.807) is 0 Å². The van der Waals surface area contributed by atoms with Crippen molar-refractivity contribution in [2.45, 2.75) is 25.4 Å². The van der Waals surface area contributed by atoms with Crippen LogP contribution in [0.15, 0.2) is 24.4 Å². The van der Waals surface area contributed by atoms with Gasteiger partial charge in [-0.2, -0.15) is 0 Å². The van der Waals surface area contributed by atoms with E-state index in [4.69, 9.17) is 11.6 Å². The lowest BCUT2D eigenvalue weighted by molar-refractivity contribution is 0.396. The summed E-state index contributed by atoms with van der Waals surface area (Å²) in [6.07, 6.45) is 2.62. The minimum absolute atomic E-state index is 0.216. The van der Waals surface area contributed by atoms with Crippen molar-refractivity contribution in [1.29, 1.82) is 0 Å². The fraction of sp³-hybridized carbons (Fsp3) is 0.429. The van der Waals surface area contributed by atoms with Crippen molar-refractivity contribution in [3.05, 3.63) is 35.0 Å². The van der Waals surface area contributed by atoms with E-state index in [-0.39, 0.29) is 17.0 Å².